The summed E-state index contributed by atoms with van der Waals surface area (Å²) < 4.78 is 8.39. The third-order valence-electron chi connectivity index (χ3n) is 6.92. The Labute approximate surface area is 227 Å². The van der Waals surface area contributed by atoms with Crippen molar-refractivity contribution in [3.63, 3.8) is 0 Å². The van der Waals surface area contributed by atoms with Gasteiger partial charge in [-0.15, -0.1) is 0 Å². The van der Waals surface area contributed by atoms with E-state index < -0.39 is 0 Å². The quantitative estimate of drug-likeness (QED) is 0.199. The van der Waals surface area contributed by atoms with E-state index in [1.807, 2.05) is 24.3 Å². The van der Waals surface area contributed by atoms with E-state index in [-0.39, 0.29) is 11.3 Å². The molecule has 0 bridgehead atoms. The summed E-state index contributed by atoms with van der Waals surface area (Å²) in [7, 11) is 0. The van der Waals surface area contributed by atoms with Crippen molar-refractivity contribution in [3.05, 3.63) is 95.8 Å². The second-order valence-electron chi connectivity index (χ2n) is 10.9. The first kappa shape index (κ1) is 27.4. The van der Waals surface area contributed by atoms with E-state index in [9.17, 15) is 4.79 Å². The molecule has 38 heavy (non-hydrogen) atoms. The van der Waals surface area contributed by atoms with E-state index in [1.165, 1.54) is 11.1 Å². The average molecular weight is 512 g/mol. The average Bonchev–Trinajstić information content (AvgIpc) is 3.27. The molecule has 0 unspecified atom stereocenters. The molecule has 4 rings (SSSR count). The lowest BCUT2D eigenvalue weighted by atomic mass is 9.87. The van der Waals surface area contributed by atoms with Gasteiger partial charge in [-0.2, -0.15) is 0 Å². The number of hydrogen-bond donors (Lipinski definition) is 1. The number of carbonyl (C=O) groups excluding carboxylic acids is 1. The van der Waals surface area contributed by atoms with Crippen LogP contribution in [0.1, 0.15) is 63.4 Å². The Bertz CT molecular complexity index is 1290. The predicted octanol–water partition coefficient (Wildman–Crippen LogP) is 6.87. The zero-order valence-electron chi connectivity index (χ0n) is 23.1. The van der Waals surface area contributed by atoms with Crippen molar-refractivity contribution >= 4 is 16.9 Å². The highest BCUT2D eigenvalue weighted by molar-refractivity contribution is 5.76. The number of carbonyl (C=O) groups is 1. The van der Waals surface area contributed by atoms with Gasteiger partial charge in [-0.1, -0.05) is 81.8 Å². The number of imidazole rings is 1. The zero-order chi connectivity index (χ0) is 26.8. The van der Waals surface area contributed by atoms with E-state index in [4.69, 9.17) is 9.72 Å². The minimum Gasteiger partial charge on any atom is -0.492 e. The highest BCUT2D eigenvalue weighted by Gasteiger charge is 2.14. The first-order valence-electron chi connectivity index (χ1n) is 13.9. The maximum Gasteiger partial charge on any atom is 0.220 e. The Kier molecular flexibility index (Phi) is 9.58. The van der Waals surface area contributed by atoms with Gasteiger partial charge in [0.05, 0.1) is 17.6 Å². The summed E-state index contributed by atoms with van der Waals surface area (Å²) in [6, 6.07) is 26.9. The van der Waals surface area contributed by atoms with Crippen LogP contribution in [0.2, 0.25) is 0 Å². The van der Waals surface area contributed by atoms with Gasteiger partial charge >= 0.3 is 0 Å². The number of benzene rings is 3. The number of aryl methyl sites for hydroxylation is 2. The molecular formula is C33H41N3O2. The van der Waals surface area contributed by atoms with E-state index >= 15 is 0 Å². The molecule has 1 N–H and O–H groups in total. The third-order valence-corrected chi connectivity index (χ3v) is 6.92. The molecule has 3 aromatic carbocycles. The standard InChI is InChI=1S/C33H41N3O2/c1-33(2,3)27-18-20-28(21-19-27)38-25-24-36-30-15-10-9-14-29(30)35-31(36)16-8-5-11-23-34-32(37)22-17-26-12-6-4-7-13-26/h4,6-7,9-10,12-15,18-21H,5,8,11,16-17,22-25H2,1-3H3,(H,34,37). The van der Waals surface area contributed by atoms with E-state index in [0.717, 1.165) is 67.8 Å². The number of nitrogens with zero attached hydrogens (tertiary/aromatic N) is 2. The van der Waals surface area contributed by atoms with E-state index in [1.54, 1.807) is 0 Å². The summed E-state index contributed by atoms with van der Waals surface area (Å²) in [5.74, 6) is 2.13. The maximum atomic E-state index is 12.1. The van der Waals surface area contributed by atoms with E-state index in [2.05, 4.69) is 85.3 Å². The molecule has 1 amide bonds. The molecule has 0 fully saturated rings. The molecule has 0 aliphatic rings. The van der Waals surface area contributed by atoms with Gasteiger partial charge in [-0.25, -0.2) is 4.98 Å². The van der Waals surface area contributed by atoms with Gasteiger partial charge in [0.25, 0.3) is 0 Å². The fourth-order valence-corrected chi connectivity index (χ4v) is 4.68. The molecule has 0 atom stereocenters. The summed E-state index contributed by atoms with van der Waals surface area (Å²) in [6.07, 6.45) is 5.31. The Morgan fingerprint density at radius 1 is 0.868 bits per heavy atom. The van der Waals surface area contributed by atoms with Gasteiger partial charge in [0.2, 0.25) is 5.91 Å². The lowest BCUT2D eigenvalue weighted by molar-refractivity contribution is -0.121. The molecule has 0 saturated heterocycles. The summed E-state index contributed by atoms with van der Waals surface area (Å²) in [5, 5.41) is 3.06. The second-order valence-corrected chi connectivity index (χ2v) is 10.9. The Hall–Kier alpha value is -3.60. The van der Waals surface area contributed by atoms with Crippen LogP contribution in [-0.2, 0) is 29.6 Å². The Morgan fingerprint density at radius 3 is 2.37 bits per heavy atom. The summed E-state index contributed by atoms with van der Waals surface area (Å²) in [6.45, 7) is 8.74. The number of para-hydroxylation sites is 2. The van der Waals surface area contributed by atoms with Crippen molar-refractivity contribution in [3.8, 4) is 5.75 Å². The number of hydrogen-bond acceptors (Lipinski definition) is 3. The number of aromatic nitrogens is 2. The minimum absolute atomic E-state index is 0.128. The normalized spacial score (nSPS) is 11.6. The van der Waals surface area contributed by atoms with E-state index in [0.29, 0.717) is 13.0 Å². The molecule has 0 aliphatic carbocycles. The summed E-state index contributed by atoms with van der Waals surface area (Å²) >= 11 is 0. The molecule has 1 aromatic heterocycles. The molecule has 0 spiro atoms. The number of fused-ring (bicyclic) bond motifs is 1. The number of amides is 1. The number of unbranched alkanes of at least 4 members (excludes halogenated alkanes) is 2. The minimum atomic E-state index is 0.128. The van der Waals surface area contributed by atoms with Crippen LogP contribution in [0.25, 0.3) is 11.0 Å². The van der Waals surface area contributed by atoms with Crippen LogP contribution < -0.4 is 10.1 Å². The highest BCUT2D eigenvalue weighted by Crippen LogP contribution is 2.24. The topological polar surface area (TPSA) is 56.1 Å². The number of ether oxygens (including phenoxy) is 1. The van der Waals surface area contributed by atoms with Crippen molar-refractivity contribution in [2.45, 2.75) is 71.3 Å². The molecule has 0 saturated carbocycles. The predicted molar refractivity (Wildman–Crippen MR) is 156 cm³/mol. The molecule has 0 aliphatic heterocycles. The summed E-state index contributed by atoms with van der Waals surface area (Å²) in [5.41, 5.74) is 4.83. The molecule has 5 nitrogen and oxygen atoms in total. The van der Waals surface area contributed by atoms with Crippen molar-refractivity contribution in [1.82, 2.24) is 14.9 Å². The molecule has 0 radical (unpaired) electrons. The van der Waals surface area contributed by atoms with Crippen molar-refractivity contribution in [2.24, 2.45) is 0 Å². The first-order valence-corrected chi connectivity index (χ1v) is 13.9. The van der Waals surface area contributed by atoms with Gasteiger partial charge in [-0.05, 0) is 60.1 Å². The van der Waals surface area contributed by atoms with Crippen LogP contribution in [0.4, 0.5) is 0 Å². The maximum absolute atomic E-state index is 12.1. The van der Waals surface area contributed by atoms with Gasteiger partial charge in [0, 0.05) is 19.4 Å². The lowest BCUT2D eigenvalue weighted by Crippen LogP contribution is -2.24. The zero-order valence-corrected chi connectivity index (χ0v) is 23.1. The molecule has 1 heterocycles. The van der Waals surface area contributed by atoms with Crippen LogP contribution in [0.5, 0.6) is 5.75 Å². The fraction of sp³-hybridized carbons (Fsp3) is 0.394. The van der Waals surface area contributed by atoms with Crippen molar-refractivity contribution in [2.75, 3.05) is 13.2 Å². The number of rotatable bonds is 13. The van der Waals surface area contributed by atoms with Crippen molar-refractivity contribution < 1.29 is 9.53 Å². The van der Waals surface area contributed by atoms with Crippen LogP contribution in [0, 0.1) is 0 Å². The van der Waals surface area contributed by atoms with Crippen LogP contribution in [0.15, 0.2) is 78.9 Å². The van der Waals surface area contributed by atoms with Crippen molar-refractivity contribution in [1.29, 1.82) is 0 Å². The highest BCUT2D eigenvalue weighted by atomic mass is 16.5. The van der Waals surface area contributed by atoms with Gasteiger partial charge < -0.3 is 14.6 Å². The van der Waals surface area contributed by atoms with Gasteiger partial charge in [-0.3, -0.25) is 4.79 Å². The van der Waals surface area contributed by atoms with Crippen LogP contribution >= 0.6 is 0 Å². The van der Waals surface area contributed by atoms with Gasteiger partial charge in [0.15, 0.2) is 0 Å². The van der Waals surface area contributed by atoms with Gasteiger partial charge in [0.1, 0.15) is 18.2 Å². The monoisotopic (exact) mass is 511 g/mol. The van der Waals surface area contributed by atoms with Crippen LogP contribution in [-0.4, -0.2) is 28.6 Å². The fourth-order valence-electron chi connectivity index (χ4n) is 4.68. The largest absolute Gasteiger partial charge is 0.492 e. The second kappa shape index (κ2) is 13.3. The SMILES string of the molecule is CC(C)(C)c1ccc(OCCn2c(CCCCCNC(=O)CCc3ccccc3)nc3ccccc32)cc1. The molecule has 4 aromatic rings. The van der Waals surface area contributed by atoms with Crippen LogP contribution in [0.3, 0.4) is 0 Å². The smallest absolute Gasteiger partial charge is 0.220 e. The summed E-state index contributed by atoms with van der Waals surface area (Å²) in [4.78, 5) is 17.1. The molecule has 200 valence electrons. The first-order chi connectivity index (χ1) is 18.4. The Balaban J connectivity index is 1.22. The lowest BCUT2D eigenvalue weighted by Gasteiger charge is -2.19. The number of nitrogens with one attached hydrogen (secondary N) is 1. The third kappa shape index (κ3) is 7.95. The molecular weight excluding hydrogens is 470 g/mol. The molecule has 5 heteroatoms. The Morgan fingerprint density at radius 2 is 1.61 bits per heavy atom.